The molecular weight excluding hydrogens is 276 g/mol. The van der Waals surface area contributed by atoms with Crippen LogP contribution in [-0.4, -0.2) is 18.2 Å². The van der Waals surface area contributed by atoms with Crippen molar-refractivity contribution in [3.8, 4) is 5.75 Å². The number of rotatable bonds is 4. The zero-order valence-corrected chi connectivity index (χ0v) is 11.9. The van der Waals surface area contributed by atoms with Crippen LogP contribution in [0.4, 0.5) is 0 Å². The standard InChI is InChI=1S/C19H14O3/c1-2-11-22-17-10-6-3-7-13(17)12-16-18(20)14-8-4-5-9-15(14)19(16)21/h2-10,12H,1,11H2. The highest BCUT2D eigenvalue weighted by Crippen LogP contribution is 2.29. The second-order valence-corrected chi connectivity index (χ2v) is 4.90. The third-order valence-electron chi connectivity index (χ3n) is 3.48. The fourth-order valence-electron chi connectivity index (χ4n) is 2.44. The Morgan fingerprint density at radius 3 is 2.14 bits per heavy atom. The van der Waals surface area contributed by atoms with E-state index in [1.807, 2.05) is 18.2 Å². The van der Waals surface area contributed by atoms with Gasteiger partial charge in [-0.25, -0.2) is 0 Å². The molecule has 0 bridgehead atoms. The lowest BCUT2D eigenvalue weighted by atomic mass is 10.1. The van der Waals surface area contributed by atoms with Gasteiger partial charge in [0.25, 0.3) is 0 Å². The molecule has 1 aliphatic carbocycles. The molecule has 0 saturated carbocycles. The number of allylic oxidation sites excluding steroid dienone is 1. The van der Waals surface area contributed by atoms with Crippen LogP contribution >= 0.6 is 0 Å². The van der Waals surface area contributed by atoms with E-state index in [0.717, 1.165) is 0 Å². The van der Waals surface area contributed by atoms with Crippen LogP contribution in [-0.2, 0) is 0 Å². The van der Waals surface area contributed by atoms with E-state index < -0.39 is 0 Å². The summed E-state index contributed by atoms with van der Waals surface area (Å²) in [6, 6.07) is 14.2. The van der Waals surface area contributed by atoms with Gasteiger partial charge >= 0.3 is 0 Å². The van der Waals surface area contributed by atoms with E-state index in [2.05, 4.69) is 6.58 Å². The number of ether oxygens (including phenoxy) is 1. The Kier molecular flexibility index (Phi) is 3.71. The fraction of sp³-hybridized carbons (Fsp3) is 0.0526. The van der Waals surface area contributed by atoms with Crippen LogP contribution in [0.25, 0.3) is 6.08 Å². The molecule has 0 N–H and O–H groups in total. The zero-order chi connectivity index (χ0) is 15.5. The summed E-state index contributed by atoms with van der Waals surface area (Å²) in [5.41, 5.74) is 1.80. The quantitative estimate of drug-likeness (QED) is 0.490. The Balaban J connectivity index is 2.03. The average molecular weight is 290 g/mol. The topological polar surface area (TPSA) is 43.4 Å². The normalized spacial score (nSPS) is 13.0. The van der Waals surface area contributed by atoms with Gasteiger partial charge in [0, 0.05) is 16.7 Å². The number of carbonyl (C=O) groups excluding carboxylic acids is 2. The predicted molar refractivity (Wildman–Crippen MR) is 85.2 cm³/mol. The highest BCUT2D eigenvalue weighted by molar-refractivity contribution is 6.41. The van der Waals surface area contributed by atoms with E-state index in [0.29, 0.717) is 29.0 Å². The van der Waals surface area contributed by atoms with Gasteiger partial charge in [0.2, 0.25) is 0 Å². The molecule has 0 heterocycles. The van der Waals surface area contributed by atoms with Gasteiger partial charge in [0.1, 0.15) is 12.4 Å². The van der Waals surface area contributed by atoms with Crippen LogP contribution in [0.5, 0.6) is 5.75 Å². The number of hydrogen-bond donors (Lipinski definition) is 0. The molecule has 2 aromatic carbocycles. The first-order chi connectivity index (χ1) is 10.7. The molecule has 3 nitrogen and oxygen atoms in total. The van der Waals surface area contributed by atoms with Crippen LogP contribution in [0.1, 0.15) is 26.3 Å². The maximum Gasteiger partial charge on any atom is 0.197 e. The molecule has 22 heavy (non-hydrogen) atoms. The second-order valence-electron chi connectivity index (χ2n) is 4.90. The van der Waals surface area contributed by atoms with Crippen molar-refractivity contribution in [2.75, 3.05) is 6.61 Å². The minimum absolute atomic E-state index is 0.177. The maximum atomic E-state index is 12.4. The molecule has 0 radical (unpaired) electrons. The summed E-state index contributed by atoms with van der Waals surface area (Å²) in [5.74, 6) is 0.143. The molecule has 2 aromatic rings. The summed E-state index contributed by atoms with van der Waals surface area (Å²) in [6.07, 6.45) is 3.24. The van der Waals surface area contributed by atoms with Gasteiger partial charge in [-0.05, 0) is 12.1 Å². The molecule has 0 unspecified atom stereocenters. The zero-order valence-electron chi connectivity index (χ0n) is 11.9. The number of ketones is 2. The maximum absolute atomic E-state index is 12.4. The summed E-state index contributed by atoms with van der Waals surface area (Å²) in [5, 5.41) is 0. The van der Waals surface area contributed by atoms with Crippen molar-refractivity contribution >= 4 is 17.6 Å². The minimum Gasteiger partial charge on any atom is -0.489 e. The molecule has 0 saturated heterocycles. The van der Waals surface area contributed by atoms with Crippen molar-refractivity contribution in [2.45, 2.75) is 0 Å². The number of Topliss-reactive ketones (excluding diaryl/α,β-unsaturated/α-hetero) is 2. The molecule has 0 spiro atoms. The van der Waals surface area contributed by atoms with Gasteiger partial charge in [0.05, 0.1) is 5.57 Å². The molecule has 0 atom stereocenters. The first-order valence-corrected chi connectivity index (χ1v) is 6.95. The SMILES string of the molecule is C=CCOc1ccccc1C=C1C(=O)c2ccccc2C1=O. The van der Waals surface area contributed by atoms with E-state index in [1.165, 1.54) is 0 Å². The molecule has 1 aliphatic rings. The molecule has 3 rings (SSSR count). The summed E-state index contributed by atoms with van der Waals surface area (Å²) in [4.78, 5) is 24.8. The Labute approximate surface area is 128 Å². The van der Waals surface area contributed by atoms with Gasteiger partial charge in [-0.3, -0.25) is 9.59 Å². The Morgan fingerprint density at radius 1 is 0.909 bits per heavy atom. The van der Waals surface area contributed by atoms with Crippen molar-refractivity contribution in [2.24, 2.45) is 0 Å². The summed E-state index contributed by atoms with van der Waals surface area (Å²) < 4.78 is 5.56. The monoisotopic (exact) mass is 290 g/mol. The molecule has 0 amide bonds. The summed E-state index contributed by atoms with van der Waals surface area (Å²) >= 11 is 0. The average Bonchev–Trinajstić information content (AvgIpc) is 2.79. The second kappa shape index (κ2) is 5.82. The number of benzene rings is 2. The van der Waals surface area contributed by atoms with Crippen LogP contribution in [0.15, 0.2) is 66.8 Å². The lowest BCUT2D eigenvalue weighted by molar-refractivity contribution is 0.0990. The highest BCUT2D eigenvalue weighted by atomic mass is 16.5. The molecule has 3 heteroatoms. The van der Waals surface area contributed by atoms with Gasteiger partial charge in [-0.2, -0.15) is 0 Å². The third-order valence-corrected chi connectivity index (χ3v) is 3.48. The number of para-hydroxylation sites is 1. The van der Waals surface area contributed by atoms with Gasteiger partial charge < -0.3 is 4.74 Å². The van der Waals surface area contributed by atoms with Crippen LogP contribution < -0.4 is 4.74 Å². The minimum atomic E-state index is -0.237. The first-order valence-electron chi connectivity index (χ1n) is 6.95. The molecular formula is C19H14O3. The molecule has 0 fully saturated rings. The number of hydrogen-bond acceptors (Lipinski definition) is 3. The number of carbonyl (C=O) groups is 2. The van der Waals surface area contributed by atoms with Crippen LogP contribution in [0.3, 0.4) is 0 Å². The van der Waals surface area contributed by atoms with E-state index >= 15 is 0 Å². The summed E-state index contributed by atoms with van der Waals surface area (Å²) in [6.45, 7) is 3.97. The van der Waals surface area contributed by atoms with E-state index in [9.17, 15) is 9.59 Å². The Hall–Kier alpha value is -2.94. The smallest absolute Gasteiger partial charge is 0.197 e. The van der Waals surface area contributed by atoms with Crippen molar-refractivity contribution in [3.05, 3.63) is 83.4 Å². The van der Waals surface area contributed by atoms with Crippen molar-refractivity contribution in [1.29, 1.82) is 0 Å². The molecule has 108 valence electrons. The lowest BCUT2D eigenvalue weighted by Crippen LogP contribution is -2.01. The van der Waals surface area contributed by atoms with Crippen molar-refractivity contribution in [1.82, 2.24) is 0 Å². The van der Waals surface area contributed by atoms with E-state index in [-0.39, 0.29) is 17.1 Å². The van der Waals surface area contributed by atoms with Crippen molar-refractivity contribution < 1.29 is 14.3 Å². The van der Waals surface area contributed by atoms with Gasteiger partial charge in [-0.1, -0.05) is 55.1 Å². The van der Waals surface area contributed by atoms with E-state index in [4.69, 9.17) is 4.74 Å². The number of fused-ring (bicyclic) bond motifs is 1. The van der Waals surface area contributed by atoms with Gasteiger partial charge in [0.15, 0.2) is 11.6 Å². The van der Waals surface area contributed by atoms with Crippen LogP contribution in [0.2, 0.25) is 0 Å². The Morgan fingerprint density at radius 2 is 1.50 bits per heavy atom. The third kappa shape index (κ3) is 2.37. The van der Waals surface area contributed by atoms with E-state index in [1.54, 1.807) is 42.5 Å². The first kappa shape index (κ1) is 14.0. The Bertz CT molecular complexity index is 763. The van der Waals surface area contributed by atoms with Gasteiger partial charge in [-0.15, -0.1) is 0 Å². The summed E-state index contributed by atoms with van der Waals surface area (Å²) in [7, 11) is 0. The lowest BCUT2D eigenvalue weighted by Gasteiger charge is -2.07. The molecule has 0 aliphatic heterocycles. The predicted octanol–water partition coefficient (Wildman–Crippen LogP) is 3.71. The highest BCUT2D eigenvalue weighted by Gasteiger charge is 2.32. The fourth-order valence-corrected chi connectivity index (χ4v) is 2.44. The van der Waals surface area contributed by atoms with Crippen LogP contribution in [0, 0.1) is 0 Å². The molecule has 0 aromatic heterocycles. The largest absolute Gasteiger partial charge is 0.489 e. The van der Waals surface area contributed by atoms with Crippen molar-refractivity contribution in [3.63, 3.8) is 0 Å².